The summed E-state index contributed by atoms with van der Waals surface area (Å²) in [5.74, 6) is 0.0183. The van der Waals surface area contributed by atoms with Crippen LogP contribution in [0.2, 0.25) is 0 Å². The van der Waals surface area contributed by atoms with Crippen molar-refractivity contribution in [3.05, 3.63) is 79.1 Å². The van der Waals surface area contributed by atoms with Gasteiger partial charge in [0.15, 0.2) is 5.65 Å². The van der Waals surface area contributed by atoms with Gasteiger partial charge in [0.2, 0.25) is 0 Å². The van der Waals surface area contributed by atoms with Crippen molar-refractivity contribution >= 4 is 28.9 Å². The maximum absolute atomic E-state index is 13.3. The summed E-state index contributed by atoms with van der Waals surface area (Å²) in [4.78, 5) is 16.7. The fourth-order valence-electron chi connectivity index (χ4n) is 3.53. The number of urea groups is 1. The van der Waals surface area contributed by atoms with Crippen molar-refractivity contribution in [1.82, 2.24) is 24.4 Å². The molecule has 5 rings (SSSR count). The molecule has 3 heterocycles. The number of carbonyl (C=O) groups is 1. The van der Waals surface area contributed by atoms with E-state index in [1.54, 1.807) is 46.0 Å². The molecule has 0 radical (unpaired) electrons. The Kier molecular flexibility index (Phi) is 4.94. The van der Waals surface area contributed by atoms with Gasteiger partial charge >= 0.3 is 6.03 Å². The zero-order chi connectivity index (χ0) is 22.9. The first-order valence-electron chi connectivity index (χ1n) is 10.0. The fourth-order valence-corrected chi connectivity index (χ4v) is 3.53. The molecule has 0 unspecified atom stereocenters. The highest BCUT2D eigenvalue weighted by Gasteiger charge is 2.15. The quantitative estimate of drug-likeness (QED) is 0.387. The third-order valence-corrected chi connectivity index (χ3v) is 5.12. The van der Waals surface area contributed by atoms with Crippen molar-refractivity contribution in [1.29, 1.82) is 0 Å². The van der Waals surface area contributed by atoms with E-state index in [-0.39, 0.29) is 0 Å². The van der Waals surface area contributed by atoms with E-state index in [2.05, 4.69) is 25.8 Å². The molecule has 33 heavy (non-hydrogen) atoms. The molecule has 0 spiro atoms. The summed E-state index contributed by atoms with van der Waals surface area (Å²) in [6, 6.07) is 12.3. The number of nitrogens with zero attached hydrogens (tertiary/aromatic N) is 5. The van der Waals surface area contributed by atoms with Crippen molar-refractivity contribution in [2.45, 2.75) is 0 Å². The number of halogens is 1. The first kappa shape index (κ1) is 20.2. The predicted octanol–water partition coefficient (Wildman–Crippen LogP) is 4.16. The minimum atomic E-state index is -0.476. The number of nitrogen functional groups attached to an aromatic ring is 1. The van der Waals surface area contributed by atoms with Gasteiger partial charge in [0.05, 0.1) is 12.4 Å². The van der Waals surface area contributed by atoms with Crippen LogP contribution in [0.1, 0.15) is 0 Å². The number of carbonyl (C=O) groups excluding carboxylic acids is 1. The van der Waals surface area contributed by atoms with Gasteiger partial charge in [-0.05, 0) is 35.9 Å². The SMILES string of the molecule is Cn1cc(-c2cnn3c(N)c(-c4ccc(NC(=O)Nc5cccc(F)c5)cc4)cnc23)cn1. The van der Waals surface area contributed by atoms with Crippen molar-refractivity contribution in [2.24, 2.45) is 7.05 Å². The second-order valence-electron chi connectivity index (χ2n) is 7.42. The van der Waals surface area contributed by atoms with Crippen molar-refractivity contribution < 1.29 is 9.18 Å². The van der Waals surface area contributed by atoms with E-state index >= 15 is 0 Å². The van der Waals surface area contributed by atoms with Crippen LogP contribution in [-0.2, 0) is 7.05 Å². The molecule has 9 nitrogen and oxygen atoms in total. The van der Waals surface area contributed by atoms with E-state index in [0.717, 1.165) is 16.7 Å². The van der Waals surface area contributed by atoms with Crippen LogP contribution >= 0.6 is 0 Å². The van der Waals surface area contributed by atoms with Crippen LogP contribution < -0.4 is 16.4 Å². The molecule has 10 heteroatoms. The molecule has 2 aromatic carbocycles. The van der Waals surface area contributed by atoms with Crippen molar-refractivity contribution in [3.8, 4) is 22.3 Å². The summed E-state index contributed by atoms with van der Waals surface area (Å²) in [6.45, 7) is 0. The molecule has 164 valence electrons. The van der Waals surface area contributed by atoms with Gasteiger partial charge in [-0.1, -0.05) is 18.2 Å². The Morgan fingerprint density at radius 2 is 1.73 bits per heavy atom. The minimum Gasteiger partial charge on any atom is -0.383 e. The van der Waals surface area contributed by atoms with Gasteiger partial charge in [-0.2, -0.15) is 14.7 Å². The lowest BCUT2D eigenvalue weighted by Gasteiger charge is -2.10. The Morgan fingerprint density at radius 3 is 2.45 bits per heavy atom. The summed E-state index contributed by atoms with van der Waals surface area (Å²) in [5.41, 5.74) is 11.2. The first-order valence-corrected chi connectivity index (χ1v) is 10.0. The smallest absolute Gasteiger partial charge is 0.323 e. The van der Waals surface area contributed by atoms with E-state index in [4.69, 9.17) is 5.73 Å². The number of hydrogen-bond acceptors (Lipinski definition) is 5. The van der Waals surface area contributed by atoms with Gasteiger partial charge in [0.1, 0.15) is 11.6 Å². The third-order valence-electron chi connectivity index (χ3n) is 5.12. The number of benzene rings is 2. The normalized spacial score (nSPS) is 11.0. The van der Waals surface area contributed by atoms with Crippen LogP contribution in [-0.4, -0.2) is 30.4 Å². The number of aryl methyl sites for hydroxylation is 1. The molecular formula is C23H19FN8O. The summed E-state index contributed by atoms with van der Waals surface area (Å²) < 4.78 is 16.6. The van der Waals surface area contributed by atoms with Gasteiger partial charge in [-0.15, -0.1) is 0 Å². The van der Waals surface area contributed by atoms with E-state index in [9.17, 15) is 9.18 Å². The van der Waals surface area contributed by atoms with Gasteiger partial charge in [0.25, 0.3) is 0 Å². The largest absolute Gasteiger partial charge is 0.383 e. The molecule has 0 saturated heterocycles. The number of anilines is 3. The highest BCUT2D eigenvalue weighted by atomic mass is 19.1. The lowest BCUT2D eigenvalue weighted by Crippen LogP contribution is -2.19. The summed E-state index contributed by atoms with van der Waals surface area (Å²) in [6.07, 6.45) is 7.05. The molecule has 0 aliphatic heterocycles. The standard InChI is InChI=1S/C23H19FN8O/c1-31-13-15(10-27-31)20-12-28-32-21(25)19(11-26-22(20)32)14-5-7-17(8-6-14)29-23(33)30-18-4-2-3-16(24)9-18/h2-13H,25H2,1H3,(H2,29,30,33). The summed E-state index contributed by atoms with van der Waals surface area (Å²) >= 11 is 0. The number of aromatic nitrogens is 5. The third kappa shape index (κ3) is 3.97. The predicted molar refractivity (Wildman–Crippen MR) is 124 cm³/mol. The number of rotatable bonds is 4. The van der Waals surface area contributed by atoms with E-state index in [1.807, 2.05) is 25.4 Å². The van der Waals surface area contributed by atoms with E-state index in [0.29, 0.717) is 28.4 Å². The van der Waals surface area contributed by atoms with Gasteiger partial charge in [-0.25, -0.2) is 14.2 Å². The summed E-state index contributed by atoms with van der Waals surface area (Å²) in [5, 5.41) is 13.9. The number of fused-ring (bicyclic) bond motifs is 1. The number of nitrogens with two attached hydrogens (primary N) is 1. The molecule has 0 saturated carbocycles. The van der Waals surface area contributed by atoms with Gasteiger partial charge in [0, 0.05) is 47.5 Å². The highest BCUT2D eigenvalue weighted by Crippen LogP contribution is 2.30. The second-order valence-corrected chi connectivity index (χ2v) is 7.42. The van der Waals surface area contributed by atoms with Crippen LogP contribution in [0.3, 0.4) is 0 Å². The van der Waals surface area contributed by atoms with Crippen molar-refractivity contribution in [2.75, 3.05) is 16.4 Å². The Balaban J connectivity index is 1.36. The van der Waals surface area contributed by atoms with Gasteiger partial charge in [-0.3, -0.25) is 4.68 Å². The zero-order valence-corrected chi connectivity index (χ0v) is 17.5. The number of nitrogens with one attached hydrogen (secondary N) is 2. The van der Waals surface area contributed by atoms with Crippen molar-refractivity contribution in [3.63, 3.8) is 0 Å². The van der Waals surface area contributed by atoms with Crippen LogP contribution in [0.15, 0.2) is 73.3 Å². The minimum absolute atomic E-state index is 0.362. The molecule has 2 amide bonds. The van der Waals surface area contributed by atoms with Gasteiger partial charge < -0.3 is 16.4 Å². The molecule has 3 aromatic heterocycles. The molecule has 0 fully saturated rings. The van der Waals surface area contributed by atoms with Crippen LogP contribution in [0.4, 0.5) is 26.4 Å². The Morgan fingerprint density at radius 1 is 0.939 bits per heavy atom. The Bertz CT molecular complexity index is 1470. The van der Waals surface area contributed by atoms with E-state index in [1.165, 1.54) is 18.2 Å². The molecule has 0 aliphatic carbocycles. The second kappa shape index (κ2) is 8.08. The molecule has 0 aliphatic rings. The fraction of sp³-hybridized carbons (Fsp3) is 0.0435. The lowest BCUT2D eigenvalue weighted by atomic mass is 10.1. The molecular weight excluding hydrogens is 423 g/mol. The number of amides is 2. The Hall–Kier alpha value is -4.73. The monoisotopic (exact) mass is 442 g/mol. The number of hydrogen-bond donors (Lipinski definition) is 3. The van der Waals surface area contributed by atoms with Crippen LogP contribution in [0, 0.1) is 5.82 Å². The van der Waals surface area contributed by atoms with E-state index < -0.39 is 11.8 Å². The summed E-state index contributed by atoms with van der Waals surface area (Å²) in [7, 11) is 1.85. The highest BCUT2D eigenvalue weighted by molar-refractivity contribution is 5.99. The first-order chi connectivity index (χ1) is 16.0. The zero-order valence-electron chi connectivity index (χ0n) is 17.5. The average molecular weight is 442 g/mol. The molecule has 4 N–H and O–H groups in total. The average Bonchev–Trinajstić information content (AvgIpc) is 3.41. The maximum atomic E-state index is 13.3. The maximum Gasteiger partial charge on any atom is 0.323 e. The van der Waals surface area contributed by atoms with Crippen LogP contribution in [0.25, 0.3) is 27.9 Å². The molecule has 0 atom stereocenters. The lowest BCUT2D eigenvalue weighted by molar-refractivity contribution is 0.262. The Labute approximate surface area is 187 Å². The molecule has 0 bridgehead atoms. The van der Waals surface area contributed by atoms with Crippen LogP contribution in [0.5, 0.6) is 0 Å². The molecule has 5 aromatic rings. The topological polar surface area (TPSA) is 115 Å².